The predicted molar refractivity (Wildman–Crippen MR) is 61.2 cm³/mol. The van der Waals surface area contributed by atoms with Gasteiger partial charge in [0.25, 0.3) is 0 Å². The summed E-state index contributed by atoms with van der Waals surface area (Å²) in [6, 6.07) is 5.82. The Bertz CT molecular complexity index is 344. The van der Waals surface area contributed by atoms with Crippen LogP contribution in [0.1, 0.15) is 5.56 Å². The lowest BCUT2D eigenvalue weighted by atomic mass is 10.1. The SMILES string of the molecule is C#CCOc1ccc(Br)cc1CCN. The summed E-state index contributed by atoms with van der Waals surface area (Å²) in [4.78, 5) is 0. The smallest absolute Gasteiger partial charge is 0.148 e. The predicted octanol–water partition coefficient (Wildman–Crippen LogP) is 1.96. The van der Waals surface area contributed by atoms with Crippen molar-refractivity contribution in [2.24, 2.45) is 5.73 Å². The molecule has 1 rings (SSSR count). The van der Waals surface area contributed by atoms with Crippen LogP contribution in [0.15, 0.2) is 22.7 Å². The van der Waals surface area contributed by atoms with Crippen molar-refractivity contribution in [3.05, 3.63) is 28.2 Å². The van der Waals surface area contributed by atoms with Gasteiger partial charge < -0.3 is 10.5 Å². The van der Waals surface area contributed by atoms with Gasteiger partial charge in [0.15, 0.2) is 0 Å². The summed E-state index contributed by atoms with van der Waals surface area (Å²) in [5, 5.41) is 0. The molecule has 0 fully saturated rings. The number of hydrogen-bond acceptors (Lipinski definition) is 2. The lowest BCUT2D eigenvalue weighted by Gasteiger charge is -2.09. The van der Waals surface area contributed by atoms with E-state index < -0.39 is 0 Å². The molecule has 0 unspecified atom stereocenters. The average molecular weight is 254 g/mol. The molecule has 14 heavy (non-hydrogen) atoms. The topological polar surface area (TPSA) is 35.2 Å². The van der Waals surface area contributed by atoms with Crippen molar-refractivity contribution in [3.8, 4) is 18.1 Å². The molecule has 0 saturated carbocycles. The van der Waals surface area contributed by atoms with E-state index in [1.165, 1.54) is 0 Å². The maximum absolute atomic E-state index is 5.50. The van der Waals surface area contributed by atoms with Gasteiger partial charge in [0, 0.05) is 4.47 Å². The Morgan fingerprint density at radius 1 is 1.50 bits per heavy atom. The zero-order valence-corrected chi connectivity index (χ0v) is 9.38. The molecular weight excluding hydrogens is 242 g/mol. The molecule has 0 radical (unpaired) electrons. The molecule has 74 valence electrons. The molecule has 0 spiro atoms. The van der Waals surface area contributed by atoms with Gasteiger partial charge in [-0.1, -0.05) is 21.9 Å². The Morgan fingerprint density at radius 2 is 2.29 bits per heavy atom. The Balaban J connectivity index is 2.85. The Kier molecular flexibility index (Phi) is 4.51. The van der Waals surface area contributed by atoms with Crippen molar-refractivity contribution in [1.82, 2.24) is 0 Å². The summed E-state index contributed by atoms with van der Waals surface area (Å²) in [6.45, 7) is 0.891. The third kappa shape index (κ3) is 3.06. The lowest BCUT2D eigenvalue weighted by molar-refractivity contribution is 0.366. The highest BCUT2D eigenvalue weighted by Crippen LogP contribution is 2.23. The summed E-state index contributed by atoms with van der Waals surface area (Å²) in [6.07, 6.45) is 5.91. The largest absolute Gasteiger partial charge is 0.481 e. The van der Waals surface area contributed by atoms with Gasteiger partial charge in [0.1, 0.15) is 12.4 Å². The zero-order chi connectivity index (χ0) is 10.4. The fourth-order valence-corrected chi connectivity index (χ4v) is 1.57. The second-order valence-electron chi connectivity index (χ2n) is 2.78. The van der Waals surface area contributed by atoms with E-state index in [1.807, 2.05) is 18.2 Å². The van der Waals surface area contributed by atoms with Crippen molar-refractivity contribution in [2.75, 3.05) is 13.2 Å². The molecule has 1 aromatic rings. The summed E-state index contributed by atoms with van der Waals surface area (Å²) in [5.41, 5.74) is 6.58. The highest BCUT2D eigenvalue weighted by Gasteiger charge is 2.02. The monoisotopic (exact) mass is 253 g/mol. The van der Waals surface area contributed by atoms with Crippen LogP contribution in [0.2, 0.25) is 0 Å². The van der Waals surface area contributed by atoms with Crippen molar-refractivity contribution >= 4 is 15.9 Å². The van der Waals surface area contributed by atoms with E-state index in [0.29, 0.717) is 13.2 Å². The van der Waals surface area contributed by atoms with Crippen molar-refractivity contribution in [3.63, 3.8) is 0 Å². The Hall–Kier alpha value is -0.980. The molecule has 0 aliphatic rings. The van der Waals surface area contributed by atoms with E-state index in [9.17, 15) is 0 Å². The summed E-state index contributed by atoms with van der Waals surface area (Å²) < 4.78 is 6.40. The Morgan fingerprint density at radius 3 is 2.93 bits per heavy atom. The normalized spacial score (nSPS) is 9.50. The fraction of sp³-hybridized carbons (Fsp3) is 0.273. The maximum Gasteiger partial charge on any atom is 0.148 e. The minimum Gasteiger partial charge on any atom is -0.481 e. The molecule has 0 aliphatic carbocycles. The number of rotatable bonds is 4. The summed E-state index contributed by atoms with van der Waals surface area (Å²) in [7, 11) is 0. The van der Waals surface area contributed by atoms with Gasteiger partial charge in [0.2, 0.25) is 0 Å². The van der Waals surface area contributed by atoms with E-state index >= 15 is 0 Å². The highest BCUT2D eigenvalue weighted by molar-refractivity contribution is 9.10. The second-order valence-corrected chi connectivity index (χ2v) is 3.70. The van der Waals surface area contributed by atoms with Gasteiger partial charge in [-0.2, -0.15) is 0 Å². The highest BCUT2D eigenvalue weighted by atomic mass is 79.9. The minimum atomic E-state index is 0.291. The molecule has 0 aromatic heterocycles. The maximum atomic E-state index is 5.50. The van der Waals surface area contributed by atoms with Gasteiger partial charge in [-0.3, -0.25) is 0 Å². The molecule has 2 N–H and O–H groups in total. The van der Waals surface area contributed by atoms with Crippen LogP contribution >= 0.6 is 15.9 Å². The van der Waals surface area contributed by atoms with Gasteiger partial charge >= 0.3 is 0 Å². The van der Waals surface area contributed by atoms with E-state index in [1.54, 1.807) is 0 Å². The summed E-state index contributed by atoms with van der Waals surface area (Å²) in [5.74, 6) is 3.25. The Labute approximate surface area is 92.6 Å². The third-order valence-electron chi connectivity index (χ3n) is 1.75. The van der Waals surface area contributed by atoms with Crippen LogP contribution in [-0.4, -0.2) is 13.2 Å². The molecule has 0 saturated heterocycles. The number of hydrogen-bond donors (Lipinski definition) is 1. The molecular formula is C11H12BrNO. The number of benzene rings is 1. The number of terminal acetylenes is 1. The first-order chi connectivity index (χ1) is 6.77. The number of nitrogens with two attached hydrogens (primary N) is 1. The van der Waals surface area contributed by atoms with E-state index in [2.05, 4.69) is 21.9 Å². The van der Waals surface area contributed by atoms with Crippen molar-refractivity contribution in [2.45, 2.75) is 6.42 Å². The van der Waals surface area contributed by atoms with Crippen LogP contribution < -0.4 is 10.5 Å². The van der Waals surface area contributed by atoms with Crippen LogP contribution in [0.5, 0.6) is 5.75 Å². The quantitative estimate of drug-likeness (QED) is 0.833. The molecule has 0 heterocycles. The van der Waals surface area contributed by atoms with Gasteiger partial charge in [-0.25, -0.2) is 0 Å². The minimum absolute atomic E-state index is 0.291. The first-order valence-electron chi connectivity index (χ1n) is 4.32. The second kappa shape index (κ2) is 5.69. The molecule has 0 amide bonds. The third-order valence-corrected chi connectivity index (χ3v) is 2.24. The first kappa shape index (κ1) is 11.1. The molecule has 0 aliphatic heterocycles. The van der Waals surface area contributed by atoms with Crippen molar-refractivity contribution in [1.29, 1.82) is 0 Å². The van der Waals surface area contributed by atoms with E-state index in [0.717, 1.165) is 22.2 Å². The van der Waals surface area contributed by atoms with Gasteiger partial charge in [-0.05, 0) is 36.7 Å². The average Bonchev–Trinajstić information content (AvgIpc) is 2.17. The molecule has 3 heteroatoms. The number of ether oxygens (including phenoxy) is 1. The first-order valence-corrected chi connectivity index (χ1v) is 5.12. The zero-order valence-electron chi connectivity index (χ0n) is 7.79. The van der Waals surface area contributed by atoms with Gasteiger partial charge in [-0.15, -0.1) is 6.42 Å². The van der Waals surface area contributed by atoms with Gasteiger partial charge in [0.05, 0.1) is 0 Å². The molecule has 0 atom stereocenters. The van der Waals surface area contributed by atoms with E-state index in [4.69, 9.17) is 16.9 Å². The van der Waals surface area contributed by atoms with Crippen LogP contribution in [-0.2, 0) is 6.42 Å². The van der Waals surface area contributed by atoms with Crippen molar-refractivity contribution < 1.29 is 4.74 Å². The van der Waals surface area contributed by atoms with Crippen LogP contribution in [0.3, 0.4) is 0 Å². The molecule has 1 aromatic carbocycles. The standard InChI is InChI=1S/C11H12BrNO/c1-2-7-14-11-4-3-10(12)8-9(11)5-6-13/h1,3-4,8H,5-7,13H2. The fourth-order valence-electron chi connectivity index (χ4n) is 1.16. The lowest BCUT2D eigenvalue weighted by Crippen LogP contribution is -2.05. The van der Waals surface area contributed by atoms with Crippen LogP contribution in [0.25, 0.3) is 0 Å². The summed E-state index contributed by atoms with van der Waals surface area (Å²) >= 11 is 3.40. The molecule has 0 bridgehead atoms. The molecule has 2 nitrogen and oxygen atoms in total. The number of halogens is 1. The van der Waals surface area contributed by atoms with E-state index in [-0.39, 0.29) is 0 Å². The van der Waals surface area contributed by atoms with Crippen LogP contribution in [0, 0.1) is 12.3 Å². The van der Waals surface area contributed by atoms with Crippen LogP contribution in [0.4, 0.5) is 0 Å².